The number of likely N-dealkylation sites (tertiary alicyclic amines) is 1. The van der Waals surface area contributed by atoms with E-state index in [1.54, 1.807) is 6.07 Å². The quantitative estimate of drug-likeness (QED) is 0.879. The van der Waals surface area contributed by atoms with E-state index in [2.05, 4.69) is 24.5 Å². The molecule has 3 amide bonds. The van der Waals surface area contributed by atoms with Crippen LogP contribution in [0.5, 0.6) is 0 Å². The Bertz CT molecular complexity index is 561. The summed E-state index contributed by atoms with van der Waals surface area (Å²) < 4.78 is 0. The van der Waals surface area contributed by atoms with Crippen LogP contribution in [0.4, 0.5) is 16.2 Å². The lowest BCUT2D eigenvalue weighted by Crippen LogP contribution is -2.44. The highest BCUT2D eigenvalue weighted by Crippen LogP contribution is 2.24. The van der Waals surface area contributed by atoms with Gasteiger partial charge in [-0.05, 0) is 42.9 Å². The van der Waals surface area contributed by atoms with E-state index in [1.807, 2.05) is 24.0 Å². The highest BCUT2D eigenvalue weighted by molar-refractivity contribution is 5.93. The molecule has 5 nitrogen and oxygen atoms in total. The van der Waals surface area contributed by atoms with Crippen molar-refractivity contribution in [3.8, 4) is 0 Å². The lowest BCUT2D eigenvalue weighted by Gasteiger charge is -2.35. The molecule has 1 aromatic rings. The normalized spacial score (nSPS) is 21.4. The Hall–Kier alpha value is -2.04. The summed E-state index contributed by atoms with van der Waals surface area (Å²) >= 11 is 0. The third-order valence-corrected chi connectivity index (χ3v) is 3.96. The number of urea groups is 1. The Morgan fingerprint density at radius 3 is 2.36 bits per heavy atom. The Morgan fingerprint density at radius 2 is 1.77 bits per heavy atom. The molecule has 0 saturated carbocycles. The van der Waals surface area contributed by atoms with Gasteiger partial charge in [-0.2, -0.15) is 0 Å². The van der Waals surface area contributed by atoms with Crippen molar-refractivity contribution in [2.24, 2.45) is 11.8 Å². The van der Waals surface area contributed by atoms with Gasteiger partial charge in [0, 0.05) is 31.4 Å². The smallest absolute Gasteiger partial charge is 0.321 e. The molecular formula is C17H25N3O2. The van der Waals surface area contributed by atoms with Gasteiger partial charge in [0.1, 0.15) is 0 Å². The minimum Gasteiger partial charge on any atom is -0.326 e. The van der Waals surface area contributed by atoms with Gasteiger partial charge < -0.3 is 15.5 Å². The first-order valence-corrected chi connectivity index (χ1v) is 7.79. The lowest BCUT2D eigenvalue weighted by molar-refractivity contribution is -0.114. The maximum absolute atomic E-state index is 12.5. The van der Waals surface area contributed by atoms with E-state index < -0.39 is 0 Å². The minimum atomic E-state index is -0.125. The number of nitrogens with one attached hydrogen (secondary N) is 2. The van der Waals surface area contributed by atoms with Crippen LogP contribution in [0.15, 0.2) is 18.2 Å². The predicted octanol–water partition coefficient (Wildman–Crippen LogP) is 3.46. The predicted molar refractivity (Wildman–Crippen MR) is 89.0 cm³/mol. The molecule has 1 aliphatic heterocycles. The van der Waals surface area contributed by atoms with Crippen LogP contribution >= 0.6 is 0 Å². The fourth-order valence-electron chi connectivity index (χ4n) is 3.06. The molecule has 2 N–H and O–H groups in total. The van der Waals surface area contributed by atoms with E-state index in [1.165, 1.54) is 13.3 Å². The second-order valence-electron chi connectivity index (χ2n) is 6.49. The molecule has 2 atom stereocenters. The van der Waals surface area contributed by atoms with E-state index in [0.717, 1.165) is 24.3 Å². The van der Waals surface area contributed by atoms with Crippen molar-refractivity contribution < 1.29 is 9.59 Å². The van der Waals surface area contributed by atoms with Crippen molar-refractivity contribution >= 4 is 23.3 Å². The summed E-state index contributed by atoms with van der Waals surface area (Å²) in [7, 11) is 0. The molecule has 0 bridgehead atoms. The van der Waals surface area contributed by atoms with Gasteiger partial charge in [0.15, 0.2) is 0 Å². The van der Waals surface area contributed by atoms with Gasteiger partial charge in [-0.1, -0.05) is 19.9 Å². The highest BCUT2D eigenvalue weighted by atomic mass is 16.2. The first-order valence-electron chi connectivity index (χ1n) is 7.79. The number of piperidine rings is 1. The molecule has 0 spiro atoms. The first-order chi connectivity index (χ1) is 10.3. The van der Waals surface area contributed by atoms with Gasteiger partial charge in [-0.15, -0.1) is 0 Å². The number of benzene rings is 1. The summed E-state index contributed by atoms with van der Waals surface area (Å²) in [6.45, 7) is 9.35. The summed E-state index contributed by atoms with van der Waals surface area (Å²) in [6, 6.07) is 5.45. The zero-order chi connectivity index (χ0) is 16.3. The minimum absolute atomic E-state index is 0.0681. The summed E-state index contributed by atoms with van der Waals surface area (Å²) in [5.74, 6) is 0.933. The molecule has 1 fully saturated rings. The number of amides is 3. The van der Waals surface area contributed by atoms with Crippen LogP contribution in [0.25, 0.3) is 0 Å². The molecular weight excluding hydrogens is 278 g/mol. The molecule has 0 unspecified atom stereocenters. The van der Waals surface area contributed by atoms with Crippen LogP contribution in [0.2, 0.25) is 0 Å². The van der Waals surface area contributed by atoms with Crippen molar-refractivity contribution in [1.29, 1.82) is 0 Å². The molecule has 5 heteroatoms. The number of nitrogens with zero attached hydrogens (tertiary/aromatic N) is 1. The SMILES string of the molecule is CC(=O)Nc1ccc(C)c(NC(=O)N2C[C@@H](C)C[C@H](C)C2)c1. The standard InChI is InChI=1S/C17H25N3O2/c1-11-7-12(2)10-20(9-11)17(22)19-16-8-15(18-14(4)21)6-5-13(16)3/h5-6,8,11-12H,7,9-10H2,1-4H3,(H,18,21)(H,19,22)/t11-,12-/m0/s1. The van der Waals surface area contributed by atoms with E-state index in [9.17, 15) is 9.59 Å². The monoisotopic (exact) mass is 303 g/mol. The summed E-state index contributed by atoms with van der Waals surface area (Å²) in [4.78, 5) is 25.5. The van der Waals surface area contributed by atoms with Crippen LogP contribution < -0.4 is 10.6 Å². The van der Waals surface area contributed by atoms with Crippen LogP contribution in [0, 0.1) is 18.8 Å². The molecule has 1 heterocycles. The lowest BCUT2D eigenvalue weighted by atomic mass is 9.92. The molecule has 22 heavy (non-hydrogen) atoms. The molecule has 0 aromatic heterocycles. The van der Waals surface area contributed by atoms with Crippen LogP contribution in [0.1, 0.15) is 32.8 Å². The number of rotatable bonds is 2. The van der Waals surface area contributed by atoms with E-state index in [-0.39, 0.29) is 11.9 Å². The number of anilines is 2. The summed E-state index contributed by atoms with van der Waals surface area (Å²) in [5.41, 5.74) is 2.40. The Kier molecular flexibility index (Phi) is 5.06. The Morgan fingerprint density at radius 1 is 1.14 bits per heavy atom. The van der Waals surface area contributed by atoms with Crippen LogP contribution in [-0.2, 0) is 4.79 Å². The number of hydrogen-bond acceptors (Lipinski definition) is 2. The highest BCUT2D eigenvalue weighted by Gasteiger charge is 2.25. The Labute approximate surface area is 132 Å². The largest absolute Gasteiger partial charge is 0.326 e. The van der Waals surface area contributed by atoms with Crippen LogP contribution in [-0.4, -0.2) is 29.9 Å². The van der Waals surface area contributed by atoms with Crippen LogP contribution in [0.3, 0.4) is 0 Å². The first kappa shape index (κ1) is 16.3. The third kappa shape index (κ3) is 4.23. The second kappa shape index (κ2) is 6.81. The van der Waals surface area contributed by atoms with Gasteiger partial charge in [-0.3, -0.25) is 4.79 Å². The van der Waals surface area contributed by atoms with Gasteiger partial charge in [0.05, 0.1) is 0 Å². The number of hydrogen-bond donors (Lipinski definition) is 2. The average molecular weight is 303 g/mol. The maximum atomic E-state index is 12.5. The fourth-order valence-corrected chi connectivity index (χ4v) is 3.06. The summed E-state index contributed by atoms with van der Waals surface area (Å²) in [6.07, 6.45) is 1.17. The molecule has 2 rings (SSSR count). The zero-order valence-electron chi connectivity index (χ0n) is 13.8. The van der Waals surface area contributed by atoms with E-state index in [0.29, 0.717) is 17.5 Å². The van der Waals surface area contributed by atoms with Gasteiger partial charge >= 0.3 is 6.03 Å². The number of carbonyl (C=O) groups is 2. The van der Waals surface area contributed by atoms with Crippen molar-refractivity contribution in [1.82, 2.24) is 4.90 Å². The van der Waals surface area contributed by atoms with Crippen molar-refractivity contribution in [3.63, 3.8) is 0 Å². The fraction of sp³-hybridized carbons (Fsp3) is 0.529. The van der Waals surface area contributed by atoms with Gasteiger partial charge in [-0.25, -0.2) is 4.79 Å². The molecule has 1 saturated heterocycles. The number of aryl methyl sites for hydroxylation is 1. The third-order valence-electron chi connectivity index (χ3n) is 3.96. The molecule has 1 aliphatic rings. The molecule has 0 radical (unpaired) electrons. The number of carbonyl (C=O) groups excluding carboxylic acids is 2. The van der Waals surface area contributed by atoms with Crippen molar-refractivity contribution in [3.05, 3.63) is 23.8 Å². The zero-order valence-corrected chi connectivity index (χ0v) is 13.8. The van der Waals surface area contributed by atoms with E-state index >= 15 is 0 Å². The topological polar surface area (TPSA) is 61.4 Å². The van der Waals surface area contributed by atoms with Gasteiger partial charge in [0.2, 0.25) is 5.91 Å². The maximum Gasteiger partial charge on any atom is 0.321 e. The van der Waals surface area contributed by atoms with Gasteiger partial charge in [0.25, 0.3) is 0 Å². The van der Waals surface area contributed by atoms with E-state index in [4.69, 9.17) is 0 Å². The van der Waals surface area contributed by atoms with Crippen molar-refractivity contribution in [2.75, 3.05) is 23.7 Å². The second-order valence-corrected chi connectivity index (χ2v) is 6.49. The summed E-state index contributed by atoms with van der Waals surface area (Å²) in [5, 5.41) is 5.71. The molecule has 1 aromatic carbocycles. The van der Waals surface area contributed by atoms with Crippen molar-refractivity contribution in [2.45, 2.75) is 34.1 Å². The molecule has 0 aliphatic carbocycles. The molecule has 120 valence electrons. The Balaban J connectivity index is 2.09. The average Bonchev–Trinajstić information content (AvgIpc) is 2.40.